The maximum Gasteiger partial charge on any atom is 0.0468 e. The van der Waals surface area contributed by atoms with Crippen molar-refractivity contribution in [1.82, 2.24) is 0 Å². The first-order valence-electron chi connectivity index (χ1n) is 26.7. The van der Waals surface area contributed by atoms with E-state index in [1.807, 2.05) is 0 Å². The van der Waals surface area contributed by atoms with Crippen LogP contribution in [0.25, 0.3) is 88.0 Å². The minimum absolute atomic E-state index is 0.180. The maximum atomic E-state index is 2.49. The summed E-state index contributed by atoms with van der Waals surface area (Å²) in [5.74, 6) is 0. The Bertz CT molecular complexity index is 4200. The summed E-state index contributed by atoms with van der Waals surface area (Å²) in [6.45, 7) is 4.78. The second kappa shape index (κ2) is 18.9. The lowest BCUT2D eigenvalue weighted by Gasteiger charge is -2.27. The van der Waals surface area contributed by atoms with Crippen LogP contribution in [0.15, 0.2) is 291 Å². The van der Waals surface area contributed by atoms with Crippen LogP contribution in [0.1, 0.15) is 25.0 Å². The van der Waals surface area contributed by atoms with Gasteiger partial charge in [0.05, 0.1) is 0 Å². The van der Waals surface area contributed by atoms with Crippen molar-refractivity contribution >= 4 is 66.4 Å². The van der Waals surface area contributed by atoms with Gasteiger partial charge in [0, 0.05) is 39.5 Å². The van der Waals surface area contributed by atoms with Crippen LogP contribution >= 0.6 is 0 Å². The van der Waals surface area contributed by atoms with E-state index in [0.29, 0.717) is 0 Å². The fourth-order valence-corrected chi connectivity index (χ4v) is 12.1. The second-order valence-corrected chi connectivity index (χ2v) is 20.9. The first-order valence-corrected chi connectivity index (χ1v) is 26.7. The van der Waals surface area contributed by atoms with Gasteiger partial charge >= 0.3 is 0 Å². The lowest BCUT2D eigenvalue weighted by molar-refractivity contribution is 0.661. The number of hydrogen-bond donors (Lipinski definition) is 0. The predicted molar refractivity (Wildman–Crippen MR) is 328 cm³/mol. The zero-order chi connectivity index (χ0) is 51.5. The van der Waals surface area contributed by atoms with E-state index in [0.717, 1.165) is 45.3 Å². The molecule has 0 unspecified atom stereocenters. The summed E-state index contributed by atoms with van der Waals surface area (Å²) in [4.78, 5) is 4.76. The van der Waals surface area contributed by atoms with Crippen molar-refractivity contribution in [3.63, 3.8) is 0 Å². The summed E-state index contributed by atoms with van der Waals surface area (Å²) in [5.41, 5.74) is 21.2. The standard InChI is InChI=1S/C75H54N2/c1-75(2)73-47-46-64(48-71(73)72-49-69-67-24-14-12-22-65(67)66-23-13-15-25-68(66)70(69)50-74(72)75)77(62-42-30-56(31-43-62)53-20-10-5-11-21-53)63-44-34-58(35-45-63)57-32-40-61(41-33-57)76(59-36-26-54(27-37-59)51-16-6-3-7-17-51)60-38-28-55(29-39-60)52-18-8-4-9-19-52/h3-50H,1-2H3. The van der Waals surface area contributed by atoms with Gasteiger partial charge in [-0.2, -0.15) is 0 Å². The first kappa shape index (κ1) is 45.8. The van der Waals surface area contributed by atoms with E-state index in [-0.39, 0.29) is 5.41 Å². The van der Waals surface area contributed by atoms with Gasteiger partial charge in [-0.15, -0.1) is 0 Å². The molecule has 0 fully saturated rings. The average Bonchev–Trinajstić information content (AvgIpc) is 3.99. The second-order valence-electron chi connectivity index (χ2n) is 20.9. The molecule has 1 aliphatic rings. The average molecular weight is 983 g/mol. The minimum Gasteiger partial charge on any atom is -0.311 e. The Balaban J connectivity index is 0.833. The minimum atomic E-state index is -0.180. The van der Waals surface area contributed by atoms with Crippen LogP contribution in [0.2, 0.25) is 0 Å². The molecule has 0 bridgehead atoms. The molecule has 0 heterocycles. The maximum absolute atomic E-state index is 2.49. The van der Waals surface area contributed by atoms with E-state index < -0.39 is 0 Å². The summed E-state index contributed by atoms with van der Waals surface area (Å²) in [5, 5.41) is 7.81. The normalized spacial score (nSPS) is 12.4. The third kappa shape index (κ3) is 8.14. The molecule has 14 rings (SSSR count). The van der Waals surface area contributed by atoms with Crippen molar-refractivity contribution in [3.05, 3.63) is 302 Å². The molecule has 0 aliphatic heterocycles. The largest absolute Gasteiger partial charge is 0.311 e. The van der Waals surface area contributed by atoms with Crippen molar-refractivity contribution in [2.45, 2.75) is 19.3 Å². The van der Waals surface area contributed by atoms with Crippen LogP contribution in [0, 0.1) is 0 Å². The van der Waals surface area contributed by atoms with Crippen LogP contribution in [0.3, 0.4) is 0 Å². The Morgan fingerprint density at radius 2 is 0.468 bits per heavy atom. The highest BCUT2D eigenvalue weighted by molar-refractivity contribution is 6.26. The molecule has 2 nitrogen and oxygen atoms in total. The molecule has 13 aromatic carbocycles. The van der Waals surface area contributed by atoms with Crippen LogP contribution in [0.5, 0.6) is 0 Å². The SMILES string of the molecule is CC1(C)c2ccc(N(c3ccc(-c4ccccc4)cc3)c3ccc(-c4ccc(N(c5ccc(-c6ccccc6)cc5)c5ccc(-c6ccccc6)cc5)cc4)cc3)cc2-c2cc3c4ccccc4c4ccccc4c3cc21. The number of anilines is 6. The number of fused-ring (bicyclic) bond motifs is 9. The highest BCUT2D eigenvalue weighted by Crippen LogP contribution is 2.53. The fraction of sp³-hybridized carbons (Fsp3) is 0.0400. The van der Waals surface area contributed by atoms with Gasteiger partial charge in [-0.25, -0.2) is 0 Å². The van der Waals surface area contributed by atoms with Crippen molar-refractivity contribution in [2.75, 3.05) is 9.80 Å². The Morgan fingerprint density at radius 1 is 0.208 bits per heavy atom. The highest BCUT2D eigenvalue weighted by atomic mass is 15.1. The van der Waals surface area contributed by atoms with Gasteiger partial charge in [0.15, 0.2) is 0 Å². The molecule has 0 radical (unpaired) electrons. The molecule has 364 valence electrons. The van der Waals surface area contributed by atoms with E-state index in [2.05, 4.69) is 315 Å². The van der Waals surface area contributed by atoms with Gasteiger partial charge in [0.25, 0.3) is 0 Å². The van der Waals surface area contributed by atoms with Crippen molar-refractivity contribution in [1.29, 1.82) is 0 Å². The molecule has 0 amide bonds. The molecule has 0 aromatic heterocycles. The molecule has 0 atom stereocenters. The Labute approximate surface area is 451 Å². The van der Waals surface area contributed by atoms with Gasteiger partial charge in [-0.3, -0.25) is 0 Å². The summed E-state index contributed by atoms with van der Waals surface area (Å²) >= 11 is 0. The summed E-state index contributed by atoms with van der Waals surface area (Å²) in [6.07, 6.45) is 0. The van der Waals surface area contributed by atoms with E-state index in [1.165, 1.54) is 88.0 Å². The fourth-order valence-electron chi connectivity index (χ4n) is 12.1. The van der Waals surface area contributed by atoms with Gasteiger partial charge in [0.2, 0.25) is 0 Å². The molecule has 2 heteroatoms. The summed E-state index contributed by atoms with van der Waals surface area (Å²) in [7, 11) is 0. The number of benzene rings is 13. The molecular formula is C75H54N2. The topological polar surface area (TPSA) is 6.48 Å². The van der Waals surface area contributed by atoms with Gasteiger partial charge in [0.1, 0.15) is 0 Å². The van der Waals surface area contributed by atoms with Crippen molar-refractivity contribution < 1.29 is 0 Å². The highest BCUT2D eigenvalue weighted by Gasteiger charge is 2.37. The Hall–Kier alpha value is -9.76. The predicted octanol–water partition coefficient (Wildman–Crippen LogP) is 21.1. The van der Waals surface area contributed by atoms with E-state index in [9.17, 15) is 0 Å². The molecule has 0 N–H and O–H groups in total. The molecule has 0 saturated carbocycles. The van der Waals surface area contributed by atoms with Crippen LogP contribution in [-0.4, -0.2) is 0 Å². The molecule has 0 spiro atoms. The Morgan fingerprint density at radius 3 is 0.818 bits per heavy atom. The van der Waals surface area contributed by atoms with Crippen LogP contribution in [-0.2, 0) is 5.41 Å². The van der Waals surface area contributed by atoms with Gasteiger partial charge in [-0.05, 0) is 184 Å². The zero-order valence-corrected chi connectivity index (χ0v) is 43.1. The smallest absolute Gasteiger partial charge is 0.0468 e. The lowest BCUT2D eigenvalue weighted by Crippen LogP contribution is -2.15. The van der Waals surface area contributed by atoms with E-state index in [1.54, 1.807) is 0 Å². The van der Waals surface area contributed by atoms with Crippen LogP contribution < -0.4 is 9.80 Å². The summed E-state index contributed by atoms with van der Waals surface area (Å²) < 4.78 is 0. The quantitative estimate of drug-likeness (QED) is 0.126. The van der Waals surface area contributed by atoms with Crippen molar-refractivity contribution in [2.24, 2.45) is 0 Å². The molecule has 0 saturated heterocycles. The summed E-state index contributed by atoms with van der Waals surface area (Å²) in [6, 6.07) is 107. The van der Waals surface area contributed by atoms with Crippen LogP contribution in [0.4, 0.5) is 34.1 Å². The Kier molecular flexibility index (Phi) is 11.2. The third-order valence-electron chi connectivity index (χ3n) is 16.1. The number of nitrogens with zero attached hydrogens (tertiary/aromatic N) is 2. The van der Waals surface area contributed by atoms with Crippen molar-refractivity contribution in [3.8, 4) is 55.6 Å². The molecule has 77 heavy (non-hydrogen) atoms. The molecule has 13 aromatic rings. The monoisotopic (exact) mass is 982 g/mol. The lowest BCUT2D eigenvalue weighted by atomic mass is 9.81. The third-order valence-corrected chi connectivity index (χ3v) is 16.1. The molecular weight excluding hydrogens is 929 g/mol. The first-order chi connectivity index (χ1) is 37.9. The van der Waals surface area contributed by atoms with Gasteiger partial charge in [-0.1, -0.05) is 220 Å². The van der Waals surface area contributed by atoms with E-state index in [4.69, 9.17) is 0 Å². The number of hydrogen-bond acceptors (Lipinski definition) is 2. The zero-order valence-electron chi connectivity index (χ0n) is 43.1. The van der Waals surface area contributed by atoms with Gasteiger partial charge < -0.3 is 9.80 Å². The number of rotatable bonds is 10. The van der Waals surface area contributed by atoms with E-state index >= 15 is 0 Å². The molecule has 1 aliphatic carbocycles.